The minimum absolute atomic E-state index is 0.00235. The van der Waals surface area contributed by atoms with E-state index in [-0.39, 0.29) is 48.0 Å². The summed E-state index contributed by atoms with van der Waals surface area (Å²) in [6, 6.07) is -0.797. The minimum Gasteiger partial charge on any atom is -0.379 e. The Labute approximate surface area is 278 Å². The van der Waals surface area contributed by atoms with Gasteiger partial charge < -0.3 is 34.5 Å². The number of hydrogen-bond acceptors (Lipinski definition) is 10. The first-order chi connectivity index (χ1) is 23.0. The minimum atomic E-state index is -1.24. The number of morpholine rings is 3. The predicted octanol–water partition coefficient (Wildman–Crippen LogP) is 1.11. The Bertz CT molecular complexity index is 1170. The monoisotopic (exact) mass is 659 g/mol. The highest BCUT2D eigenvalue weighted by Crippen LogP contribution is 2.52. The van der Waals surface area contributed by atoms with Crippen molar-refractivity contribution in [3.63, 3.8) is 0 Å². The van der Waals surface area contributed by atoms with Gasteiger partial charge in [-0.1, -0.05) is 12.8 Å². The molecule has 3 aliphatic carbocycles. The van der Waals surface area contributed by atoms with Gasteiger partial charge in [-0.05, 0) is 56.9 Å². The van der Waals surface area contributed by atoms with Crippen molar-refractivity contribution in [3.8, 4) is 0 Å². The van der Waals surface area contributed by atoms with Crippen LogP contribution in [0.4, 0.5) is 4.39 Å². The molecule has 47 heavy (non-hydrogen) atoms. The Kier molecular flexibility index (Phi) is 9.89. The van der Waals surface area contributed by atoms with E-state index < -0.39 is 24.2 Å². The standard InChI is InChI=1S/C35H54FN5O6/c36-26-18-24-32-34(31(26)37-7-9-40-12-16-45-17-13-40)47-30-19-23-22-4-1-2-5-28(22)46-29(23)20-27(30)41(32)21-25(33(24)42)35(43)38-6-3-8-39-10-14-44-15-11-39/h21-24,26-32,34,37H,1-20H2,(H,38,43). The van der Waals surface area contributed by atoms with Gasteiger partial charge in [0.15, 0.2) is 5.78 Å². The number of ether oxygens (including phenoxy) is 4. The van der Waals surface area contributed by atoms with E-state index in [4.69, 9.17) is 18.9 Å². The van der Waals surface area contributed by atoms with Gasteiger partial charge in [0.1, 0.15) is 6.17 Å². The van der Waals surface area contributed by atoms with Crippen LogP contribution in [0.2, 0.25) is 0 Å². The normalized spacial score (nSPS) is 42.1. The summed E-state index contributed by atoms with van der Waals surface area (Å²) in [5.74, 6) is -0.167. The van der Waals surface area contributed by atoms with Crippen molar-refractivity contribution in [2.75, 3.05) is 78.8 Å². The number of alkyl halides is 1. The Morgan fingerprint density at radius 3 is 2.38 bits per heavy atom. The van der Waals surface area contributed by atoms with E-state index >= 15 is 4.39 Å². The first kappa shape index (κ1) is 32.5. The number of rotatable bonds is 9. The Morgan fingerprint density at radius 2 is 1.60 bits per heavy atom. The third-order valence-electron chi connectivity index (χ3n) is 12.6. The van der Waals surface area contributed by atoms with Gasteiger partial charge in [-0.3, -0.25) is 19.4 Å². The second-order valence-corrected chi connectivity index (χ2v) is 15.2. The summed E-state index contributed by atoms with van der Waals surface area (Å²) in [7, 11) is 0. The molecule has 8 rings (SSSR count). The van der Waals surface area contributed by atoms with Crippen LogP contribution in [-0.2, 0) is 28.5 Å². The highest BCUT2D eigenvalue weighted by atomic mass is 19.1. The number of halogens is 1. The number of amides is 1. The van der Waals surface area contributed by atoms with Gasteiger partial charge in [0.25, 0.3) is 5.91 Å². The molecule has 7 fully saturated rings. The first-order valence-electron chi connectivity index (χ1n) is 18.7. The summed E-state index contributed by atoms with van der Waals surface area (Å²) in [6.45, 7) is 9.38. The van der Waals surface area contributed by atoms with Crippen molar-refractivity contribution in [3.05, 3.63) is 11.8 Å². The van der Waals surface area contributed by atoms with Crippen LogP contribution in [0, 0.1) is 17.8 Å². The lowest BCUT2D eigenvalue weighted by atomic mass is 9.67. The van der Waals surface area contributed by atoms with Crippen LogP contribution in [0.1, 0.15) is 51.4 Å². The Hall–Kier alpha value is -1.67. The maximum atomic E-state index is 16.3. The van der Waals surface area contributed by atoms with E-state index in [1.807, 2.05) is 6.20 Å². The van der Waals surface area contributed by atoms with Crippen LogP contribution in [0.25, 0.3) is 0 Å². The molecule has 0 bridgehead atoms. The van der Waals surface area contributed by atoms with E-state index in [1.54, 1.807) is 0 Å². The predicted molar refractivity (Wildman–Crippen MR) is 171 cm³/mol. The third kappa shape index (κ3) is 6.53. The van der Waals surface area contributed by atoms with Crippen molar-refractivity contribution >= 4 is 11.7 Å². The van der Waals surface area contributed by atoms with Crippen LogP contribution in [-0.4, -0.2) is 154 Å². The van der Waals surface area contributed by atoms with Crippen molar-refractivity contribution in [1.29, 1.82) is 0 Å². The van der Waals surface area contributed by atoms with Crippen LogP contribution in [0.3, 0.4) is 0 Å². The van der Waals surface area contributed by atoms with Crippen LogP contribution >= 0.6 is 0 Å². The summed E-state index contributed by atoms with van der Waals surface area (Å²) in [5, 5.41) is 6.57. The van der Waals surface area contributed by atoms with Gasteiger partial charge in [-0.25, -0.2) is 4.39 Å². The molecule has 8 aliphatic rings. The molecule has 1 amide bonds. The summed E-state index contributed by atoms with van der Waals surface area (Å²) < 4.78 is 40.9. The highest BCUT2D eigenvalue weighted by molar-refractivity contribution is 6.20. The zero-order chi connectivity index (χ0) is 31.9. The largest absolute Gasteiger partial charge is 0.379 e. The fourth-order valence-electron chi connectivity index (χ4n) is 10.3. The summed E-state index contributed by atoms with van der Waals surface area (Å²) >= 11 is 0. The Balaban J connectivity index is 1.01. The van der Waals surface area contributed by atoms with Gasteiger partial charge in [0, 0.05) is 57.9 Å². The maximum Gasteiger partial charge on any atom is 0.256 e. The van der Waals surface area contributed by atoms with Crippen LogP contribution in [0.15, 0.2) is 11.8 Å². The van der Waals surface area contributed by atoms with Gasteiger partial charge in [0.2, 0.25) is 0 Å². The van der Waals surface area contributed by atoms with E-state index in [1.165, 1.54) is 19.3 Å². The maximum absolute atomic E-state index is 16.3. The van der Waals surface area contributed by atoms with Gasteiger partial charge >= 0.3 is 0 Å². The molecule has 0 aromatic heterocycles. The number of nitrogens with zero attached hydrogens (tertiary/aromatic N) is 3. The average Bonchev–Trinajstić information content (AvgIpc) is 3.46. The fraction of sp³-hybridized carbons (Fsp3) is 0.886. The van der Waals surface area contributed by atoms with Crippen molar-refractivity contribution in [1.82, 2.24) is 25.3 Å². The molecule has 11 nitrogen and oxygen atoms in total. The van der Waals surface area contributed by atoms with Gasteiger partial charge in [-0.15, -0.1) is 0 Å². The van der Waals surface area contributed by atoms with Crippen molar-refractivity contribution < 1.29 is 32.9 Å². The quantitative estimate of drug-likeness (QED) is 0.277. The molecule has 12 heteroatoms. The summed E-state index contributed by atoms with van der Waals surface area (Å²) in [4.78, 5) is 34.6. The second-order valence-electron chi connectivity index (χ2n) is 15.2. The lowest BCUT2D eigenvalue weighted by Crippen LogP contribution is -2.73. The molecule has 4 saturated heterocycles. The van der Waals surface area contributed by atoms with Crippen LogP contribution < -0.4 is 10.6 Å². The lowest BCUT2D eigenvalue weighted by Gasteiger charge is -2.60. The summed E-state index contributed by atoms with van der Waals surface area (Å²) in [6.07, 6.45) is 8.00. The number of carbonyl (C=O) groups is 2. The highest BCUT2D eigenvalue weighted by Gasteiger charge is 2.61. The molecule has 0 spiro atoms. The van der Waals surface area contributed by atoms with E-state index in [2.05, 4.69) is 25.3 Å². The molecule has 262 valence electrons. The van der Waals surface area contributed by atoms with Crippen molar-refractivity contribution in [2.24, 2.45) is 17.8 Å². The molecule has 0 aromatic carbocycles. The molecule has 3 saturated carbocycles. The van der Waals surface area contributed by atoms with Gasteiger partial charge in [0.05, 0.1) is 74.5 Å². The molecular formula is C35H54FN5O6. The van der Waals surface area contributed by atoms with Gasteiger partial charge in [-0.2, -0.15) is 0 Å². The zero-order valence-corrected chi connectivity index (χ0v) is 27.7. The number of fused-ring (bicyclic) bond motifs is 5. The molecule has 5 aliphatic heterocycles. The molecule has 11 unspecified atom stereocenters. The molecule has 11 atom stereocenters. The fourth-order valence-corrected chi connectivity index (χ4v) is 10.3. The van der Waals surface area contributed by atoms with E-state index in [0.717, 1.165) is 91.4 Å². The van der Waals surface area contributed by atoms with Crippen molar-refractivity contribution in [2.45, 2.75) is 100 Å². The smallest absolute Gasteiger partial charge is 0.256 e. The molecule has 0 aromatic rings. The lowest BCUT2D eigenvalue weighted by molar-refractivity contribution is -0.209. The average molecular weight is 660 g/mol. The first-order valence-corrected chi connectivity index (χ1v) is 18.7. The molecular weight excluding hydrogens is 605 g/mol. The third-order valence-corrected chi connectivity index (χ3v) is 12.6. The number of ketones is 1. The van der Waals surface area contributed by atoms with E-state index in [0.29, 0.717) is 31.0 Å². The molecule has 2 N–H and O–H groups in total. The molecule has 5 heterocycles. The molecule has 0 radical (unpaired) electrons. The Morgan fingerprint density at radius 1 is 0.851 bits per heavy atom. The number of hydrogen-bond donors (Lipinski definition) is 2. The number of carbonyl (C=O) groups excluding carboxylic acids is 2. The van der Waals surface area contributed by atoms with Crippen LogP contribution in [0.5, 0.6) is 0 Å². The topological polar surface area (TPSA) is 105 Å². The SMILES string of the molecule is O=C(NCCCN1CCOCC1)C1=CN2C3CC4OC5CCCCC5C4CC3OC3C(NCCN4CCOCC4)C(F)CC(C1=O)C32. The number of nitrogens with one attached hydrogen (secondary N) is 2. The zero-order valence-electron chi connectivity index (χ0n) is 27.7. The summed E-state index contributed by atoms with van der Waals surface area (Å²) in [5.41, 5.74) is 0.172. The van der Waals surface area contributed by atoms with E-state index in [9.17, 15) is 9.59 Å². The second kappa shape index (κ2) is 14.3. The number of Topliss-reactive ketones (excluding diaryl/α,β-unsaturated/α-hetero) is 1.